The molecule has 4 heteroatoms. The molecule has 1 amide bonds. The van der Waals surface area contributed by atoms with Crippen LogP contribution < -0.4 is 5.32 Å². The van der Waals surface area contributed by atoms with Crippen molar-refractivity contribution in [3.63, 3.8) is 0 Å². The van der Waals surface area contributed by atoms with Gasteiger partial charge in [0.25, 0.3) is 0 Å². The van der Waals surface area contributed by atoms with E-state index >= 15 is 0 Å². The highest BCUT2D eigenvalue weighted by Crippen LogP contribution is 2.29. The second-order valence-corrected chi connectivity index (χ2v) is 6.15. The summed E-state index contributed by atoms with van der Waals surface area (Å²) in [6, 6.07) is 0. The molecule has 1 aliphatic rings. The Balaban J connectivity index is 2.35. The summed E-state index contributed by atoms with van der Waals surface area (Å²) in [5, 5.41) is 3.04. The minimum absolute atomic E-state index is 0.199. The number of hydrogen-bond acceptors (Lipinski definition) is 3. The molecule has 1 aliphatic heterocycles. The van der Waals surface area contributed by atoms with Crippen molar-refractivity contribution >= 4 is 17.7 Å². The monoisotopic (exact) mass is 228 g/mol. The Morgan fingerprint density at radius 1 is 1.67 bits per heavy atom. The van der Waals surface area contributed by atoms with E-state index in [1.807, 2.05) is 16.7 Å². The Kier molecular flexibility index (Phi) is 4.67. The van der Waals surface area contributed by atoms with Gasteiger partial charge in [0, 0.05) is 30.1 Å². The van der Waals surface area contributed by atoms with Gasteiger partial charge in [-0.15, -0.1) is 6.58 Å². The summed E-state index contributed by atoms with van der Waals surface area (Å²) >= 11 is 1.94. The molecule has 1 saturated heterocycles. The average Bonchev–Trinajstić information content (AvgIpc) is 2.16. The van der Waals surface area contributed by atoms with Gasteiger partial charge in [0.2, 0.25) is 5.91 Å². The van der Waals surface area contributed by atoms with Crippen LogP contribution in [0.3, 0.4) is 0 Å². The van der Waals surface area contributed by atoms with E-state index < -0.39 is 0 Å². The maximum Gasteiger partial charge on any atom is 0.236 e. The minimum Gasteiger partial charge on any atom is -0.339 e. The Hall–Kier alpha value is -0.480. The molecule has 1 N–H and O–H groups in total. The predicted octanol–water partition coefficient (Wildman–Crippen LogP) is 1.12. The summed E-state index contributed by atoms with van der Waals surface area (Å²) in [7, 11) is 0. The third kappa shape index (κ3) is 4.26. The lowest BCUT2D eigenvalue weighted by atomic mass is 10.2. The molecule has 0 aromatic rings. The van der Waals surface area contributed by atoms with Crippen molar-refractivity contribution in [1.29, 1.82) is 0 Å². The van der Waals surface area contributed by atoms with Crippen LogP contribution in [0.25, 0.3) is 0 Å². The highest BCUT2D eigenvalue weighted by molar-refractivity contribution is 8.00. The smallest absolute Gasteiger partial charge is 0.236 e. The maximum absolute atomic E-state index is 11.8. The number of thioether (sulfide) groups is 1. The molecule has 0 bridgehead atoms. The standard InChI is InChI=1S/C11H20N2OS/c1-4-5-12-8-10(14)13-6-7-15-11(2,3)9-13/h4,12H,1,5-9H2,2-3H3. The quantitative estimate of drug-likeness (QED) is 0.578. The zero-order valence-electron chi connectivity index (χ0n) is 9.58. The van der Waals surface area contributed by atoms with Crippen molar-refractivity contribution in [3.05, 3.63) is 12.7 Å². The first-order chi connectivity index (χ1) is 7.05. The molecular weight excluding hydrogens is 208 g/mol. The van der Waals surface area contributed by atoms with Crippen molar-refractivity contribution in [3.8, 4) is 0 Å². The molecule has 15 heavy (non-hydrogen) atoms. The molecule has 0 unspecified atom stereocenters. The number of nitrogens with zero attached hydrogens (tertiary/aromatic N) is 1. The van der Waals surface area contributed by atoms with Gasteiger partial charge in [-0.05, 0) is 13.8 Å². The van der Waals surface area contributed by atoms with Gasteiger partial charge in [0.15, 0.2) is 0 Å². The Morgan fingerprint density at radius 2 is 2.40 bits per heavy atom. The Bertz CT molecular complexity index is 241. The second kappa shape index (κ2) is 5.56. The van der Waals surface area contributed by atoms with E-state index in [1.165, 1.54) is 0 Å². The molecule has 3 nitrogen and oxygen atoms in total. The largest absolute Gasteiger partial charge is 0.339 e. The van der Waals surface area contributed by atoms with E-state index in [0.29, 0.717) is 13.1 Å². The van der Waals surface area contributed by atoms with Gasteiger partial charge in [0.1, 0.15) is 0 Å². The number of rotatable bonds is 4. The SMILES string of the molecule is C=CCNCC(=O)N1CCSC(C)(C)C1. The van der Waals surface area contributed by atoms with Crippen LogP contribution in [-0.4, -0.2) is 47.5 Å². The van der Waals surface area contributed by atoms with Gasteiger partial charge in [-0.25, -0.2) is 0 Å². The molecule has 0 saturated carbocycles. The van der Waals surface area contributed by atoms with Crippen LogP contribution in [-0.2, 0) is 4.79 Å². The van der Waals surface area contributed by atoms with Crippen LogP contribution >= 0.6 is 11.8 Å². The lowest BCUT2D eigenvalue weighted by Gasteiger charge is -2.37. The fourth-order valence-corrected chi connectivity index (χ4v) is 2.73. The summed E-state index contributed by atoms with van der Waals surface area (Å²) in [6.45, 7) is 10.8. The molecule has 0 radical (unpaired) electrons. The number of amides is 1. The molecule has 1 rings (SSSR count). The first-order valence-corrected chi connectivity index (χ1v) is 6.27. The lowest BCUT2D eigenvalue weighted by molar-refractivity contribution is -0.130. The van der Waals surface area contributed by atoms with E-state index in [-0.39, 0.29) is 10.7 Å². The van der Waals surface area contributed by atoms with E-state index in [0.717, 1.165) is 18.8 Å². The van der Waals surface area contributed by atoms with E-state index in [4.69, 9.17) is 0 Å². The van der Waals surface area contributed by atoms with Crippen molar-refractivity contribution in [2.75, 3.05) is 31.9 Å². The van der Waals surface area contributed by atoms with E-state index in [1.54, 1.807) is 6.08 Å². The number of hydrogen-bond donors (Lipinski definition) is 1. The van der Waals surface area contributed by atoms with Crippen LogP contribution in [0.5, 0.6) is 0 Å². The highest BCUT2D eigenvalue weighted by atomic mass is 32.2. The zero-order chi connectivity index (χ0) is 11.3. The summed E-state index contributed by atoms with van der Waals surface area (Å²) in [5.41, 5.74) is 0. The third-order valence-corrected chi connectivity index (χ3v) is 3.64. The van der Waals surface area contributed by atoms with Crippen molar-refractivity contribution < 1.29 is 4.79 Å². The van der Waals surface area contributed by atoms with Crippen LogP contribution in [0.2, 0.25) is 0 Å². The summed E-state index contributed by atoms with van der Waals surface area (Å²) in [5.74, 6) is 1.24. The summed E-state index contributed by atoms with van der Waals surface area (Å²) in [4.78, 5) is 13.7. The molecular formula is C11H20N2OS. The van der Waals surface area contributed by atoms with Crippen molar-refractivity contribution in [2.45, 2.75) is 18.6 Å². The molecule has 0 aromatic heterocycles. The van der Waals surface area contributed by atoms with E-state index in [9.17, 15) is 4.79 Å². The van der Waals surface area contributed by atoms with Gasteiger partial charge in [-0.3, -0.25) is 4.79 Å². The van der Waals surface area contributed by atoms with Gasteiger partial charge >= 0.3 is 0 Å². The molecule has 0 aromatic carbocycles. The zero-order valence-corrected chi connectivity index (χ0v) is 10.4. The van der Waals surface area contributed by atoms with Gasteiger partial charge in [-0.1, -0.05) is 6.08 Å². The molecule has 0 aliphatic carbocycles. The second-order valence-electron chi connectivity index (χ2n) is 4.34. The number of nitrogens with one attached hydrogen (secondary N) is 1. The maximum atomic E-state index is 11.8. The molecule has 1 fully saturated rings. The third-order valence-electron chi connectivity index (χ3n) is 2.34. The average molecular weight is 228 g/mol. The normalized spacial score (nSPS) is 20.0. The van der Waals surface area contributed by atoms with Gasteiger partial charge < -0.3 is 10.2 Å². The van der Waals surface area contributed by atoms with Gasteiger partial charge in [0.05, 0.1) is 6.54 Å². The molecule has 1 heterocycles. The molecule has 0 atom stereocenters. The topological polar surface area (TPSA) is 32.3 Å². The van der Waals surface area contributed by atoms with Crippen LogP contribution in [0.15, 0.2) is 12.7 Å². The number of carbonyl (C=O) groups excluding carboxylic acids is 1. The first kappa shape index (κ1) is 12.6. The Labute approximate surface area is 96.3 Å². The summed E-state index contributed by atoms with van der Waals surface area (Å²) in [6.07, 6.45) is 1.77. The first-order valence-electron chi connectivity index (χ1n) is 5.28. The fraction of sp³-hybridized carbons (Fsp3) is 0.727. The fourth-order valence-electron chi connectivity index (χ4n) is 1.62. The van der Waals surface area contributed by atoms with Crippen LogP contribution in [0.4, 0.5) is 0 Å². The summed E-state index contributed by atoms with van der Waals surface area (Å²) < 4.78 is 0.201. The van der Waals surface area contributed by atoms with Crippen LogP contribution in [0, 0.1) is 0 Å². The molecule has 86 valence electrons. The number of carbonyl (C=O) groups is 1. The van der Waals surface area contributed by atoms with Crippen molar-refractivity contribution in [2.24, 2.45) is 0 Å². The predicted molar refractivity (Wildman–Crippen MR) is 66.2 cm³/mol. The highest BCUT2D eigenvalue weighted by Gasteiger charge is 2.29. The van der Waals surface area contributed by atoms with Gasteiger partial charge in [-0.2, -0.15) is 11.8 Å². The Morgan fingerprint density at radius 3 is 3.00 bits per heavy atom. The lowest BCUT2D eigenvalue weighted by Crippen LogP contribution is -2.48. The van der Waals surface area contributed by atoms with Crippen molar-refractivity contribution in [1.82, 2.24) is 10.2 Å². The minimum atomic E-state index is 0.199. The van der Waals surface area contributed by atoms with E-state index in [2.05, 4.69) is 25.7 Å². The molecule has 0 spiro atoms. The van der Waals surface area contributed by atoms with Crippen LogP contribution in [0.1, 0.15) is 13.8 Å².